The van der Waals surface area contributed by atoms with E-state index in [9.17, 15) is 15.0 Å². The molecule has 19 heavy (non-hydrogen) atoms. The lowest BCUT2D eigenvalue weighted by molar-refractivity contribution is -0.123. The highest BCUT2D eigenvalue weighted by molar-refractivity contribution is 5.82. The number of benzene rings is 1. The minimum absolute atomic E-state index is 0.0650. The normalized spacial score (nSPS) is 21.9. The molecule has 0 aliphatic carbocycles. The third-order valence-electron chi connectivity index (χ3n) is 3.13. The Balaban J connectivity index is 1.92. The monoisotopic (exact) mass is 260 g/mol. The second-order valence-corrected chi connectivity index (χ2v) is 4.56. The van der Waals surface area contributed by atoms with Crippen LogP contribution in [0.1, 0.15) is 17.5 Å². The van der Waals surface area contributed by atoms with Crippen molar-refractivity contribution in [1.29, 1.82) is 0 Å². The number of aliphatic hydroxyl groups is 1. The van der Waals surface area contributed by atoms with Gasteiger partial charge in [0.05, 0.1) is 12.1 Å². The van der Waals surface area contributed by atoms with Gasteiger partial charge in [-0.2, -0.15) is 0 Å². The second kappa shape index (κ2) is 5.74. The first kappa shape index (κ1) is 13.4. The van der Waals surface area contributed by atoms with Crippen molar-refractivity contribution < 1.29 is 15.0 Å². The molecule has 1 heterocycles. The maximum absolute atomic E-state index is 11.8. The van der Waals surface area contributed by atoms with E-state index in [4.69, 9.17) is 6.42 Å². The van der Waals surface area contributed by atoms with Crippen LogP contribution in [0.4, 0.5) is 0 Å². The number of hydrogen-bond donors (Lipinski definition) is 4. The van der Waals surface area contributed by atoms with Gasteiger partial charge in [0, 0.05) is 24.2 Å². The quantitative estimate of drug-likeness (QED) is 0.563. The molecule has 5 heteroatoms. The lowest BCUT2D eigenvalue weighted by Crippen LogP contribution is -2.40. The number of aliphatic hydroxyl groups excluding tert-OH is 1. The lowest BCUT2D eigenvalue weighted by Gasteiger charge is -2.12. The number of rotatable bonds is 3. The molecule has 0 aromatic heterocycles. The Morgan fingerprint density at radius 3 is 2.95 bits per heavy atom. The van der Waals surface area contributed by atoms with E-state index >= 15 is 0 Å². The highest BCUT2D eigenvalue weighted by atomic mass is 16.3. The van der Waals surface area contributed by atoms with Gasteiger partial charge in [0.2, 0.25) is 5.91 Å². The highest BCUT2D eigenvalue weighted by Gasteiger charge is 2.27. The van der Waals surface area contributed by atoms with Crippen LogP contribution in [0, 0.1) is 12.3 Å². The van der Waals surface area contributed by atoms with Crippen LogP contribution in [0.25, 0.3) is 0 Å². The van der Waals surface area contributed by atoms with E-state index in [2.05, 4.69) is 16.6 Å². The second-order valence-electron chi connectivity index (χ2n) is 4.56. The highest BCUT2D eigenvalue weighted by Crippen LogP contribution is 2.18. The number of aromatic hydroxyl groups is 1. The van der Waals surface area contributed by atoms with Crippen molar-refractivity contribution in [3.05, 3.63) is 29.3 Å². The van der Waals surface area contributed by atoms with Crippen LogP contribution < -0.4 is 10.6 Å². The van der Waals surface area contributed by atoms with Crippen LogP contribution in [0.3, 0.4) is 0 Å². The molecule has 0 bridgehead atoms. The number of phenols is 1. The molecule has 100 valence electrons. The summed E-state index contributed by atoms with van der Waals surface area (Å²) in [7, 11) is 0. The number of terminal acetylenes is 1. The third-order valence-corrected chi connectivity index (χ3v) is 3.13. The molecule has 1 amide bonds. The van der Waals surface area contributed by atoms with Crippen molar-refractivity contribution in [3.8, 4) is 18.1 Å². The molecule has 1 aliphatic rings. The Labute approximate surface area is 111 Å². The Morgan fingerprint density at radius 2 is 2.37 bits per heavy atom. The van der Waals surface area contributed by atoms with E-state index in [0.717, 1.165) is 0 Å². The predicted octanol–water partition coefficient (Wildman–Crippen LogP) is -0.288. The van der Waals surface area contributed by atoms with Crippen LogP contribution in [-0.2, 0) is 11.3 Å². The third kappa shape index (κ3) is 3.25. The minimum atomic E-state index is -0.473. The van der Waals surface area contributed by atoms with Gasteiger partial charge < -0.3 is 20.8 Å². The summed E-state index contributed by atoms with van der Waals surface area (Å²) in [4.78, 5) is 11.8. The van der Waals surface area contributed by atoms with E-state index in [1.807, 2.05) is 0 Å². The Bertz CT molecular complexity index is 522. The number of phenolic OH excluding ortho intramolecular Hbond substituents is 1. The Kier molecular flexibility index (Phi) is 4.05. The number of β-amino-alcohol motifs (C(OH)–C–C–N with tert-alkyl or cyclic N) is 1. The van der Waals surface area contributed by atoms with E-state index in [0.29, 0.717) is 24.1 Å². The summed E-state index contributed by atoms with van der Waals surface area (Å²) in [5.41, 5.74) is 1.19. The van der Waals surface area contributed by atoms with Crippen molar-refractivity contribution in [2.75, 3.05) is 6.54 Å². The molecule has 2 rings (SSSR count). The average Bonchev–Trinajstić information content (AvgIpc) is 2.83. The summed E-state index contributed by atoms with van der Waals surface area (Å²) in [6.07, 6.45) is 5.16. The van der Waals surface area contributed by atoms with Crippen LogP contribution in [-0.4, -0.2) is 34.8 Å². The number of carbonyl (C=O) groups excluding carboxylic acids is 1. The molecule has 2 atom stereocenters. The largest absolute Gasteiger partial charge is 0.508 e. The zero-order chi connectivity index (χ0) is 13.8. The lowest BCUT2D eigenvalue weighted by atomic mass is 10.1. The molecule has 5 nitrogen and oxygen atoms in total. The van der Waals surface area contributed by atoms with Crippen molar-refractivity contribution in [3.63, 3.8) is 0 Å². The summed E-state index contributed by atoms with van der Waals surface area (Å²) < 4.78 is 0. The summed E-state index contributed by atoms with van der Waals surface area (Å²) in [6, 6.07) is 4.50. The van der Waals surface area contributed by atoms with Gasteiger partial charge in [0.25, 0.3) is 0 Å². The van der Waals surface area contributed by atoms with Crippen molar-refractivity contribution in [2.24, 2.45) is 0 Å². The Morgan fingerprint density at radius 1 is 1.58 bits per heavy atom. The summed E-state index contributed by atoms with van der Waals surface area (Å²) in [5.74, 6) is 2.31. The predicted molar refractivity (Wildman–Crippen MR) is 70.3 cm³/mol. The molecular weight excluding hydrogens is 244 g/mol. The van der Waals surface area contributed by atoms with Crippen molar-refractivity contribution in [1.82, 2.24) is 10.6 Å². The minimum Gasteiger partial charge on any atom is -0.508 e. The maximum Gasteiger partial charge on any atom is 0.237 e. The van der Waals surface area contributed by atoms with Crippen LogP contribution in [0.2, 0.25) is 0 Å². The molecule has 0 saturated carbocycles. The fourth-order valence-electron chi connectivity index (χ4n) is 2.03. The van der Waals surface area contributed by atoms with Gasteiger partial charge >= 0.3 is 0 Å². The van der Waals surface area contributed by atoms with Gasteiger partial charge in [-0.1, -0.05) is 12.0 Å². The molecule has 1 aromatic carbocycles. The molecular formula is C14H16N2O3. The summed E-state index contributed by atoms with van der Waals surface area (Å²) in [5, 5.41) is 24.7. The summed E-state index contributed by atoms with van der Waals surface area (Å²) >= 11 is 0. The van der Waals surface area contributed by atoms with Crippen molar-refractivity contribution >= 4 is 5.91 Å². The molecule has 0 radical (unpaired) electrons. The van der Waals surface area contributed by atoms with Gasteiger partial charge in [0.1, 0.15) is 5.75 Å². The molecule has 1 saturated heterocycles. The standard InChI is InChI=1S/C14H16N2O3/c1-2-9-3-4-10(13(18)5-9)7-16-14(19)12-6-11(17)8-15-12/h1,3-5,11-12,15,17-18H,6-8H2,(H,16,19)/t11-,12+/m1/s1. The van der Waals surface area contributed by atoms with E-state index < -0.39 is 6.10 Å². The topological polar surface area (TPSA) is 81.6 Å². The fraction of sp³-hybridized carbons (Fsp3) is 0.357. The Hall–Kier alpha value is -2.03. The molecule has 1 aromatic rings. The molecule has 1 aliphatic heterocycles. The zero-order valence-electron chi connectivity index (χ0n) is 10.4. The SMILES string of the molecule is C#Cc1ccc(CNC(=O)[C@@H]2C[C@@H](O)CN2)c(O)c1. The first-order valence-electron chi connectivity index (χ1n) is 6.08. The van der Waals surface area contributed by atoms with Gasteiger partial charge in [-0.15, -0.1) is 6.42 Å². The molecule has 0 unspecified atom stereocenters. The van der Waals surface area contributed by atoms with Gasteiger partial charge in [0.15, 0.2) is 0 Å². The van der Waals surface area contributed by atoms with Crippen molar-refractivity contribution in [2.45, 2.75) is 25.1 Å². The first-order valence-corrected chi connectivity index (χ1v) is 6.08. The number of hydrogen-bond acceptors (Lipinski definition) is 4. The smallest absolute Gasteiger partial charge is 0.237 e. The number of amides is 1. The van der Waals surface area contributed by atoms with Gasteiger partial charge in [-0.25, -0.2) is 0 Å². The number of carbonyl (C=O) groups is 1. The first-order chi connectivity index (χ1) is 9.10. The maximum atomic E-state index is 11.8. The average molecular weight is 260 g/mol. The van der Waals surface area contributed by atoms with Crippen LogP contribution >= 0.6 is 0 Å². The van der Waals surface area contributed by atoms with E-state index in [1.54, 1.807) is 12.1 Å². The van der Waals surface area contributed by atoms with Gasteiger partial charge in [-0.05, 0) is 18.6 Å². The van der Waals surface area contributed by atoms with Crippen LogP contribution in [0.15, 0.2) is 18.2 Å². The fourth-order valence-corrected chi connectivity index (χ4v) is 2.03. The molecule has 0 spiro atoms. The molecule has 4 N–H and O–H groups in total. The summed E-state index contributed by atoms with van der Waals surface area (Å²) in [6.45, 7) is 0.657. The van der Waals surface area contributed by atoms with E-state index in [-0.39, 0.29) is 24.2 Å². The molecule has 1 fully saturated rings. The van der Waals surface area contributed by atoms with Crippen LogP contribution in [0.5, 0.6) is 5.75 Å². The number of nitrogens with one attached hydrogen (secondary N) is 2. The zero-order valence-corrected chi connectivity index (χ0v) is 10.4. The van der Waals surface area contributed by atoms with E-state index in [1.165, 1.54) is 6.07 Å². The van der Waals surface area contributed by atoms with Gasteiger partial charge in [-0.3, -0.25) is 4.79 Å².